The SMILES string of the molecule is CC(CCc1ccccc1)NC(=O)c1c[nH]c(=O)n(Cc2ccccc2Cl)c1=O. The van der Waals surface area contributed by atoms with Crippen molar-refractivity contribution in [2.24, 2.45) is 0 Å². The third-order valence-electron chi connectivity index (χ3n) is 4.68. The Morgan fingerprint density at radius 2 is 1.79 bits per heavy atom. The zero-order chi connectivity index (χ0) is 20.8. The van der Waals surface area contributed by atoms with Crippen molar-refractivity contribution in [3.05, 3.63) is 103 Å². The Balaban J connectivity index is 1.73. The van der Waals surface area contributed by atoms with Gasteiger partial charge in [-0.2, -0.15) is 0 Å². The Hall–Kier alpha value is -3.12. The van der Waals surface area contributed by atoms with E-state index in [4.69, 9.17) is 11.6 Å². The van der Waals surface area contributed by atoms with E-state index >= 15 is 0 Å². The highest BCUT2D eigenvalue weighted by molar-refractivity contribution is 6.31. The molecule has 0 bridgehead atoms. The van der Waals surface area contributed by atoms with Crippen LogP contribution >= 0.6 is 11.6 Å². The lowest BCUT2D eigenvalue weighted by molar-refractivity contribution is 0.0935. The van der Waals surface area contributed by atoms with Gasteiger partial charge in [-0.1, -0.05) is 60.1 Å². The summed E-state index contributed by atoms with van der Waals surface area (Å²) in [4.78, 5) is 40.0. The molecule has 0 aliphatic rings. The van der Waals surface area contributed by atoms with Crippen molar-refractivity contribution in [2.75, 3.05) is 0 Å². The molecular formula is C22H22ClN3O3. The second-order valence-corrected chi connectivity index (χ2v) is 7.30. The quantitative estimate of drug-likeness (QED) is 0.626. The molecule has 150 valence electrons. The number of aryl methyl sites for hydroxylation is 1. The van der Waals surface area contributed by atoms with Crippen molar-refractivity contribution in [1.82, 2.24) is 14.9 Å². The Morgan fingerprint density at radius 3 is 2.52 bits per heavy atom. The molecule has 0 fully saturated rings. The fraction of sp³-hybridized carbons (Fsp3) is 0.227. The summed E-state index contributed by atoms with van der Waals surface area (Å²) in [6, 6.07) is 16.8. The van der Waals surface area contributed by atoms with E-state index in [1.807, 2.05) is 37.3 Å². The number of aromatic nitrogens is 2. The fourth-order valence-electron chi connectivity index (χ4n) is 3.02. The summed E-state index contributed by atoms with van der Waals surface area (Å²) in [5.41, 5.74) is 0.448. The molecule has 0 spiro atoms. The molecule has 1 aromatic heterocycles. The van der Waals surface area contributed by atoms with Crippen LogP contribution in [0.15, 0.2) is 70.4 Å². The monoisotopic (exact) mass is 411 g/mol. The number of carbonyl (C=O) groups is 1. The number of benzene rings is 2. The minimum atomic E-state index is -0.651. The lowest BCUT2D eigenvalue weighted by atomic mass is 10.1. The minimum absolute atomic E-state index is 0.0154. The van der Waals surface area contributed by atoms with Crippen LogP contribution in [0.25, 0.3) is 0 Å². The van der Waals surface area contributed by atoms with E-state index in [2.05, 4.69) is 10.3 Å². The molecule has 0 saturated carbocycles. The molecule has 7 heteroatoms. The van der Waals surface area contributed by atoms with Gasteiger partial charge in [-0.3, -0.25) is 14.2 Å². The van der Waals surface area contributed by atoms with Crippen LogP contribution in [0.2, 0.25) is 5.02 Å². The second-order valence-electron chi connectivity index (χ2n) is 6.89. The molecule has 0 radical (unpaired) electrons. The number of nitrogens with zero attached hydrogens (tertiary/aromatic N) is 1. The van der Waals surface area contributed by atoms with Crippen LogP contribution in [-0.4, -0.2) is 21.5 Å². The summed E-state index contributed by atoms with van der Waals surface area (Å²) in [5, 5.41) is 3.28. The van der Waals surface area contributed by atoms with Crippen LogP contribution in [0.5, 0.6) is 0 Å². The van der Waals surface area contributed by atoms with Gasteiger partial charge >= 0.3 is 5.69 Å². The summed E-state index contributed by atoms with van der Waals surface area (Å²) >= 11 is 6.13. The second kappa shape index (κ2) is 9.39. The molecule has 3 rings (SSSR count). The molecule has 1 amide bonds. The highest BCUT2D eigenvalue weighted by Crippen LogP contribution is 2.15. The maximum absolute atomic E-state index is 12.7. The molecule has 0 aliphatic carbocycles. The lowest BCUT2D eigenvalue weighted by Crippen LogP contribution is -2.42. The Morgan fingerprint density at radius 1 is 1.10 bits per heavy atom. The van der Waals surface area contributed by atoms with Gasteiger partial charge in [-0.25, -0.2) is 4.79 Å². The van der Waals surface area contributed by atoms with Crippen molar-refractivity contribution < 1.29 is 4.79 Å². The first-order chi connectivity index (χ1) is 14.0. The number of rotatable bonds is 7. The van der Waals surface area contributed by atoms with Crippen molar-refractivity contribution in [3.8, 4) is 0 Å². The van der Waals surface area contributed by atoms with Crippen molar-refractivity contribution in [3.63, 3.8) is 0 Å². The number of halogens is 1. The van der Waals surface area contributed by atoms with Crippen molar-refractivity contribution in [1.29, 1.82) is 0 Å². The van der Waals surface area contributed by atoms with Crippen LogP contribution < -0.4 is 16.6 Å². The zero-order valence-corrected chi connectivity index (χ0v) is 16.8. The first-order valence-electron chi connectivity index (χ1n) is 9.36. The standard InChI is InChI=1S/C22H22ClN3O3/c1-15(11-12-16-7-3-2-4-8-16)25-20(27)18-13-24-22(29)26(21(18)28)14-17-9-5-6-10-19(17)23/h2-10,13,15H,11-12,14H2,1H3,(H,24,29)(H,25,27). The van der Waals surface area contributed by atoms with E-state index in [1.165, 1.54) is 5.56 Å². The summed E-state index contributed by atoms with van der Waals surface area (Å²) in [6.45, 7) is 1.87. The topological polar surface area (TPSA) is 84.0 Å². The maximum atomic E-state index is 12.7. The summed E-state index contributed by atoms with van der Waals surface area (Å²) in [5.74, 6) is -0.514. The molecule has 6 nitrogen and oxygen atoms in total. The van der Waals surface area contributed by atoms with E-state index in [0.717, 1.165) is 23.6 Å². The van der Waals surface area contributed by atoms with Gasteiger partial charge in [0.05, 0.1) is 6.54 Å². The number of hydrogen-bond acceptors (Lipinski definition) is 3. The molecule has 2 N–H and O–H groups in total. The van der Waals surface area contributed by atoms with Gasteiger partial charge in [-0.05, 0) is 37.0 Å². The van der Waals surface area contributed by atoms with Gasteiger partial charge in [0, 0.05) is 17.3 Å². The molecule has 1 heterocycles. The summed E-state index contributed by atoms with van der Waals surface area (Å²) < 4.78 is 0.977. The van der Waals surface area contributed by atoms with Crippen LogP contribution in [0.1, 0.15) is 34.8 Å². The Kier molecular flexibility index (Phi) is 6.67. The third kappa shape index (κ3) is 5.23. The normalized spacial score (nSPS) is 11.8. The predicted octanol–water partition coefficient (Wildman–Crippen LogP) is 2.99. The lowest BCUT2D eigenvalue weighted by Gasteiger charge is -2.14. The largest absolute Gasteiger partial charge is 0.349 e. The molecule has 2 aromatic carbocycles. The molecule has 29 heavy (non-hydrogen) atoms. The Bertz CT molecular complexity index is 1110. The smallest absolute Gasteiger partial charge is 0.328 e. The van der Waals surface area contributed by atoms with Gasteiger partial charge < -0.3 is 10.3 Å². The van der Waals surface area contributed by atoms with Gasteiger partial charge in [-0.15, -0.1) is 0 Å². The molecular weight excluding hydrogens is 390 g/mol. The number of nitrogens with one attached hydrogen (secondary N) is 2. The zero-order valence-electron chi connectivity index (χ0n) is 16.0. The van der Waals surface area contributed by atoms with E-state index < -0.39 is 17.2 Å². The number of H-pyrrole nitrogens is 1. The van der Waals surface area contributed by atoms with Gasteiger partial charge in [0.1, 0.15) is 5.56 Å². The molecule has 1 atom stereocenters. The number of carbonyl (C=O) groups excluding carboxylic acids is 1. The van der Waals surface area contributed by atoms with E-state index in [0.29, 0.717) is 10.6 Å². The summed E-state index contributed by atoms with van der Waals surface area (Å²) in [6.07, 6.45) is 2.70. The number of hydrogen-bond donors (Lipinski definition) is 2. The average Bonchev–Trinajstić information content (AvgIpc) is 2.71. The van der Waals surface area contributed by atoms with E-state index in [1.54, 1.807) is 24.3 Å². The van der Waals surface area contributed by atoms with Crippen molar-refractivity contribution in [2.45, 2.75) is 32.4 Å². The molecule has 0 saturated heterocycles. The first kappa shape index (κ1) is 20.6. The predicted molar refractivity (Wildman–Crippen MR) is 114 cm³/mol. The molecule has 1 unspecified atom stereocenters. The third-order valence-corrected chi connectivity index (χ3v) is 5.05. The highest BCUT2D eigenvalue weighted by atomic mass is 35.5. The minimum Gasteiger partial charge on any atom is -0.349 e. The molecule has 0 aliphatic heterocycles. The van der Waals surface area contributed by atoms with Gasteiger partial charge in [0.2, 0.25) is 0 Å². The highest BCUT2D eigenvalue weighted by Gasteiger charge is 2.17. The Labute approximate surface area is 173 Å². The van der Waals surface area contributed by atoms with Crippen molar-refractivity contribution >= 4 is 17.5 Å². The van der Waals surface area contributed by atoms with Crippen LogP contribution in [0.3, 0.4) is 0 Å². The fourth-order valence-corrected chi connectivity index (χ4v) is 3.21. The van der Waals surface area contributed by atoms with Gasteiger partial charge in [0.15, 0.2) is 0 Å². The van der Waals surface area contributed by atoms with Crippen LogP contribution in [0.4, 0.5) is 0 Å². The van der Waals surface area contributed by atoms with E-state index in [-0.39, 0.29) is 18.2 Å². The van der Waals surface area contributed by atoms with Crippen LogP contribution in [0, 0.1) is 0 Å². The summed E-state index contributed by atoms with van der Waals surface area (Å²) in [7, 11) is 0. The van der Waals surface area contributed by atoms with Gasteiger partial charge in [0.25, 0.3) is 11.5 Å². The molecule has 3 aromatic rings. The number of amides is 1. The average molecular weight is 412 g/mol. The maximum Gasteiger partial charge on any atom is 0.328 e. The first-order valence-corrected chi connectivity index (χ1v) is 9.74. The number of aromatic amines is 1. The van der Waals surface area contributed by atoms with E-state index in [9.17, 15) is 14.4 Å². The van der Waals surface area contributed by atoms with Crippen LogP contribution in [-0.2, 0) is 13.0 Å².